The zero-order valence-corrected chi connectivity index (χ0v) is 16.6. The molecule has 0 radical (unpaired) electrons. The number of likely N-dealkylation sites (N-methyl/N-ethyl adjacent to an activating group) is 1. The van der Waals surface area contributed by atoms with Gasteiger partial charge in [-0.25, -0.2) is 4.98 Å². The van der Waals surface area contributed by atoms with Gasteiger partial charge in [0, 0.05) is 23.3 Å². The molecule has 0 fully saturated rings. The number of carbonyl (C=O) groups excluding carboxylic acids is 1. The molecular weight excluding hydrogens is 430 g/mol. The number of nitro groups is 1. The fourth-order valence-electron chi connectivity index (χ4n) is 2.80. The van der Waals surface area contributed by atoms with Crippen LogP contribution in [0.4, 0.5) is 17.1 Å². The van der Waals surface area contributed by atoms with Crippen LogP contribution in [0, 0.1) is 17.0 Å². The first-order valence-corrected chi connectivity index (χ1v) is 8.98. The number of halogens is 1. The molecule has 0 spiro atoms. The van der Waals surface area contributed by atoms with Crippen LogP contribution in [-0.4, -0.2) is 34.4 Å². The van der Waals surface area contributed by atoms with Crippen molar-refractivity contribution in [2.75, 3.05) is 23.8 Å². The molecule has 0 saturated heterocycles. The molecule has 0 aliphatic carbocycles. The van der Waals surface area contributed by atoms with Crippen molar-refractivity contribution in [2.45, 2.75) is 6.92 Å². The highest BCUT2D eigenvalue weighted by atomic mass is 79.9. The average Bonchev–Trinajstić information content (AvgIpc) is 2.63. The molecule has 0 saturated carbocycles. The topological polar surface area (TPSA) is 121 Å². The van der Waals surface area contributed by atoms with Gasteiger partial charge in [0.2, 0.25) is 5.91 Å². The van der Waals surface area contributed by atoms with Crippen molar-refractivity contribution in [1.29, 1.82) is 0 Å². The minimum Gasteiger partial charge on any atom is -0.360 e. The smallest absolute Gasteiger partial charge is 0.293 e. The Kier molecular flexibility index (Phi) is 5.41. The van der Waals surface area contributed by atoms with Gasteiger partial charge in [0.25, 0.3) is 11.2 Å². The molecule has 3 rings (SSSR count). The van der Waals surface area contributed by atoms with Gasteiger partial charge in [0.1, 0.15) is 5.69 Å². The molecule has 0 aliphatic rings. The van der Waals surface area contributed by atoms with Crippen LogP contribution in [0.25, 0.3) is 10.9 Å². The van der Waals surface area contributed by atoms with Crippen molar-refractivity contribution in [3.63, 3.8) is 0 Å². The molecule has 144 valence electrons. The van der Waals surface area contributed by atoms with E-state index in [1.54, 1.807) is 13.1 Å². The van der Waals surface area contributed by atoms with Crippen molar-refractivity contribution < 1.29 is 9.72 Å². The number of nitrogens with zero attached hydrogens (tertiary/aromatic N) is 3. The first-order chi connectivity index (χ1) is 13.3. The van der Waals surface area contributed by atoms with Gasteiger partial charge in [-0.2, -0.15) is 0 Å². The van der Waals surface area contributed by atoms with Crippen LogP contribution in [0.5, 0.6) is 0 Å². The quantitative estimate of drug-likeness (QED) is 0.459. The summed E-state index contributed by atoms with van der Waals surface area (Å²) in [7, 11) is 1.56. The standard InChI is InChI=1S/C18H16BrN5O4/c1-10-5-11(19)3-4-13(10)22-17(25)8-23(2)15-7-14-12(6-16(15)24(27)28)18(26)21-9-20-14/h3-7,9H,8H2,1-2H3,(H,22,25)(H,20,21,26). The molecule has 9 nitrogen and oxygen atoms in total. The monoisotopic (exact) mass is 445 g/mol. The number of fused-ring (bicyclic) bond motifs is 1. The highest BCUT2D eigenvalue weighted by Gasteiger charge is 2.21. The molecule has 0 atom stereocenters. The Morgan fingerprint density at radius 1 is 1.36 bits per heavy atom. The number of benzene rings is 2. The van der Waals surface area contributed by atoms with Crippen LogP contribution in [0.2, 0.25) is 0 Å². The number of hydrogen-bond acceptors (Lipinski definition) is 6. The van der Waals surface area contributed by atoms with E-state index in [9.17, 15) is 19.7 Å². The number of nitrogens with one attached hydrogen (secondary N) is 2. The number of aromatic nitrogens is 2. The molecule has 1 heterocycles. The van der Waals surface area contributed by atoms with Gasteiger partial charge < -0.3 is 15.2 Å². The average molecular weight is 446 g/mol. The van der Waals surface area contributed by atoms with E-state index in [0.717, 1.165) is 10.0 Å². The van der Waals surface area contributed by atoms with Crippen molar-refractivity contribution in [3.05, 3.63) is 67.2 Å². The molecule has 10 heteroatoms. The van der Waals surface area contributed by atoms with E-state index >= 15 is 0 Å². The Morgan fingerprint density at radius 3 is 2.79 bits per heavy atom. The number of amides is 1. The molecule has 3 aromatic rings. The largest absolute Gasteiger partial charge is 0.360 e. The number of nitro benzene ring substituents is 1. The zero-order chi connectivity index (χ0) is 20.4. The van der Waals surface area contributed by atoms with E-state index in [0.29, 0.717) is 11.2 Å². The van der Waals surface area contributed by atoms with Crippen molar-refractivity contribution in [1.82, 2.24) is 9.97 Å². The van der Waals surface area contributed by atoms with Crippen LogP contribution in [0.15, 0.2) is 45.9 Å². The van der Waals surface area contributed by atoms with E-state index in [1.165, 1.54) is 23.4 Å². The summed E-state index contributed by atoms with van der Waals surface area (Å²) >= 11 is 3.36. The lowest BCUT2D eigenvalue weighted by Crippen LogP contribution is -2.30. The van der Waals surface area contributed by atoms with Gasteiger partial charge in [0.15, 0.2) is 0 Å². The number of hydrogen-bond donors (Lipinski definition) is 2. The lowest BCUT2D eigenvalue weighted by atomic mass is 10.1. The normalized spacial score (nSPS) is 10.7. The predicted octanol–water partition coefficient (Wildman–Crippen LogP) is 2.98. The Bertz CT molecular complexity index is 1140. The van der Waals surface area contributed by atoms with E-state index in [1.807, 2.05) is 19.1 Å². The van der Waals surface area contributed by atoms with Gasteiger partial charge in [-0.3, -0.25) is 19.7 Å². The summed E-state index contributed by atoms with van der Waals surface area (Å²) in [6, 6.07) is 8.05. The number of carbonyl (C=O) groups is 1. The molecule has 1 amide bonds. The molecule has 2 aromatic carbocycles. The van der Waals surface area contributed by atoms with Crippen LogP contribution in [0.1, 0.15) is 5.56 Å². The number of aryl methyl sites for hydroxylation is 1. The van der Waals surface area contributed by atoms with E-state index in [4.69, 9.17) is 0 Å². The summed E-state index contributed by atoms with van der Waals surface area (Å²) in [5.41, 5.74) is 1.29. The number of H-pyrrole nitrogens is 1. The second-order valence-electron chi connectivity index (χ2n) is 6.21. The fourth-order valence-corrected chi connectivity index (χ4v) is 3.28. The molecule has 0 bridgehead atoms. The summed E-state index contributed by atoms with van der Waals surface area (Å²) in [5, 5.41) is 14.4. The predicted molar refractivity (Wildman–Crippen MR) is 110 cm³/mol. The third-order valence-corrected chi connectivity index (χ3v) is 4.68. The first-order valence-electron chi connectivity index (χ1n) is 8.19. The van der Waals surface area contributed by atoms with Crippen molar-refractivity contribution in [3.8, 4) is 0 Å². The summed E-state index contributed by atoms with van der Waals surface area (Å²) in [6.07, 6.45) is 1.23. The lowest BCUT2D eigenvalue weighted by molar-refractivity contribution is -0.384. The summed E-state index contributed by atoms with van der Waals surface area (Å²) in [6.45, 7) is 1.74. The highest BCUT2D eigenvalue weighted by Crippen LogP contribution is 2.30. The maximum Gasteiger partial charge on any atom is 0.293 e. The molecule has 1 aromatic heterocycles. The summed E-state index contributed by atoms with van der Waals surface area (Å²) in [4.78, 5) is 43.1. The number of rotatable bonds is 5. The molecule has 28 heavy (non-hydrogen) atoms. The summed E-state index contributed by atoms with van der Waals surface area (Å²) < 4.78 is 0.898. The van der Waals surface area contributed by atoms with Gasteiger partial charge in [-0.15, -0.1) is 0 Å². The van der Waals surface area contributed by atoms with Crippen LogP contribution >= 0.6 is 15.9 Å². The minimum atomic E-state index is -0.589. The molecule has 0 aliphatic heterocycles. The first kappa shape index (κ1) is 19.5. The maximum atomic E-state index is 12.4. The van der Waals surface area contributed by atoms with E-state index in [-0.39, 0.29) is 29.2 Å². The van der Waals surface area contributed by atoms with E-state index in [2.05, 4.69) is 31.2 Å². The van der Waals surface area contributed by atoms with Gasteiger partial charge in [-0.05, 0) is 36.8 Å². The highest BCUT2D eigenvalue weighted by molar-refractivity contribution is 9.10. The molecule has 2 N–H and O–H groups in total. The van der Waals surface area contributed by atoms with Crippen molar-refractivity contribution in [2.24, 2.45) is 0 Å². The van der Waals surface area contributed by atoms with E-state index < -0.39 is 10.5 Å². The number of aromatic amines is 1. The van der Waals surface area contributed by atoms with Crippen LogP contribution in [-0.2, 0) is 4.79 Å². The Balaban J connectivity index is 1.89. The van der Waals surface area contributed by atoms with Gasteiger partial charge in [0.05, 0.1) is 28.7 Å². The summed E-state index contributed by atoms with van der Waals surface area (Å²) in [5.74, 6) is -0.332. The third kappa shape index (κ3) is 4.01. The minimum absolute atomic E-state index is 0.112. The van der Waals surface area contributed by atoms with Gasteiger partial charge in [-0.1, -0.05) is 15.9 Å². The van der Waals surface area contributed by atoms with Gasteiger partial charge >= 0.3 is 0 Å². The number of anilines is 2. The Hall–Kier alpha value is -3.27. The molecular formula is C18H16BrN5O4. The molecule has 0 unspecified atom stereocenters. The Morgan fingerprint density at radius 2 is 2.11 bits per heavy atom. The van der Waals surface area contributed by atoms with Crippen LogP contribution in [0.3, 0.4) is 0 Å². The van der Waals surface area contributed by atoms with Crippen LogP contribution < -0.4 is 15.8 Å². The Labute approximate surface area is 167 Å². The third-order valence-electron chi connectivity index (χ3n) is 4.19. The zero-order valence-electron chi connectivity index (χ0n) is 15.0. The SMILES string of the molecule is Cc1cc(Br)ccc1NC(=O)CN(C)c1cc2nc[nH]c(=O)c2cc1[N+](=O)[O-]. The maximum absolute atomic E-state index is 12.4. The van der Waals surface area contributed by atoms with Crippen molar-refractivity contribution >= 4 is 49.8 Å². The second kappa shape index (κ2) is 7.77. The lowest BCUT2D eigenvalue weighted by Gasteiger charge is -2.19. The fraction of sp³-hybridized carbons (Fsp3) is 0.167. The second-order valence-corrected chi connectivity index (χ2v) is 7.13.